The maximum atomic E-state index is 12.5. The van der Waals surface area contributed by atoms with Crippen LogP contribution in [0.25, 0.3) is 0 Å². The van der Waals surface area contributed by atoms with Crippen LogP contribution in [0, 0.1) is 0 Å². The van der Waals surface area contributed by atoms with Gasteiger partial charge in [0, 0.05) is 37.8 Å². The second kappa shape index (κ2) is 7.25. The highest BCUT2D eigenvalue weighted by atomic mass is 19.3. The van der Waals surface area contributed by atoms with E-state index >= 15 is 0 Å². The summed E-state index contributed by atoms with van der Waals surface area (Å²) in [4.78, 5) is 16.8. The number of nitrogens with zero attached hydrogens (tertiary/aromatic N) is 2. The molecule has 1 aromatic carbocycles. The van der Waals surface area contributed by atoms with Crippen LogP contribution in [0.1, 0.15) is 36.0 Å². The number of halogens is 2. The molecule has 0 radical (unpaired) electrons. The van der Waals surface area contributed by atoms with Crippen LogP contribution in [0.4, 0.5) is 8.78 Å². The molecule has 6 heteroatoms. The highest BCUT2D eigenvalue weighted by molar-refractivity contribution is 5.94. The lowest BCUT2D eigenvalue weighted by atomic mass is 10.1. The Labute approximate surface area is 135 Å². The predicted molar refractivity (Wildman–Crippen MR) is 82.8 cm³/mol. The minimum Gasteiger partial charge on any atom is -0.435 e. The molecule has 0 N–H and O–H groups in total. The van der Waals surface area contributed by atoms with E-state index in [9.17, 15) is 13.6 Å². The lowest BCUT2D eigenvalue weighted by molar-refractivity contribution is -0.0499. The number of carbonyl (C=O) groups is 1. The highest BCUT2D eigenvalue weighted by Gasteiger charge is 2.28. The van der Waals surface area contributed by atoms with Gasteiger partial charge in [0.05, 0.1) is 0 Å². The van der Waals surface area contributed by atoms with Gasteiger partial charge in [-0.05, 0) is 31.0 Å². The Morgan fingerprint density at radius 3 is 2.48 bits per heavy atom. The van der Waals surface area contributed by atoms with E-state index < -0.39 is 6.61 Å². The Morgan fingerprint density at radius 1 is 1.13 bits per heavy atom. The third-order valence-corrected chi connectivity index (χ3v) is 4.75. The Hall–Kier alpha value is -1.69. The van der Waals surface area contributed by atoms with Crippen molar-refractivity contribution in [3.05, 3.63) is 29.8 Å². The fraction of sp³-hybridized carbons (Fsp3) is 0.588. The summed E-state index contributed by atoms with van der Waals surface area (Å²) in [6, 6.07) is 6.71. The van der Waals surface area contributed by atoms with Gasteiger partial charge in [0.2, 0.25) is 0 Å². The van der Waals surface area contributed by atoms with E-state index in [4.69, 9.17) is 0 Å². The van der Waals surface area contributed by atoms with Gasteiger partial charge in [-0.1, -0.05) is 18.9 Å². The Balaban J connectivity index is 1.58. The van der Waals surface area contributed by atoms with Crippen LogP contribution in [-0.2, 0) is 0 Å². The van der Waals surface area contributed by atoms with Crippen molar-refractivity contribution in [3.8, 4) is 5.75 Å². The Kier molecular flexibility index (Phi) is 5.10. The molecule has 1 aliphatic heterocycles. The number of benzene rings is 1. The summed E-state index contributed by atoms with van der Waals surface area (Å²) >= 11 is 0. The fourth-order valence-electron chi connectivity index (χ4n) is 3.55. The van der Waals surface area contributed by atoms with Gasteiger partial charge >= 0.3 is 6.61 Å². The fourth-order valence-corrected chi connectivity index (χ4v) is 3.55. The molecule has 1 saturated heterocycles. The smallest absolute Gasteiger partial charge is 0.387 e. The second-order valence-corrected chi connectivity index (χ2v) is 6.17. The van der Waals surface area contributed by atoms with E-state index in [0.29, 0.717) is 24.7 Å². The number of alkyl halides is 2. The molecule has 0 spiro atoms. The number of hydrogen-bond donors (Lipinski definition) is 0. The van der Waals surface area contributed by atoms with Gasteiger partial charge < -0.3 is 9.64 Å². The molecule has 2 fully saturated rings. The molecule has 2 aliphatic rings. The average Bonchev–Trinajstić information content (AvgIpc) is 3.08. The first-order chi connectivity index (χ1) is 11.1. The largest absolute Gasteiger partial charge is 0.435 e. The summed E-state index contributed by atoms with van der Waals surface area (Å²) in [5, 5.41) is 0. The molecule has 1 aliphatic carbocycles. The molecule has 1 amide bonds. The van der Waals surface area contributed by atoms with Crippen LogP contribution in [0.15, 0.2) is 24.3 Å². The van der Waals surface area contributed by atoms with E-state index in [1.54, 1.807) is 17.0 Å². The van der Waals surface area contributed by atoms with E-state index in [-0.39, 0.29) is 11.7 Å². The first-order valence-electron chi connectivity index (χ1n) is 8.21. The van der Waals surface area contributed by atoms with Gasteiger partial charge in [0.25, 0.3) is 5.91 Å². The molecule has 0 bridgehead atoms. The standard InChI is InChI=1S/C17H22F2N2O2/c18-17(19)23-15-7-3-4-13(12-15)16(22)21-10-8-20(9-11-21)14-5-1-2-6-14/h3-4,7,12,14,17H,1-2,5-6,8-11H2. The zero-order valence-corrected chi connectivity index (χ0v) is 13.1. The molecule has 3 rings (SSSR count). The third-order valence-electron chi connectivity index (χ3n) is 4.75. The van der Waals surface area contributed by atoms with Crippen molar-refractivity contribution in [1.82, 2.24) is 9.80 Å². The van der Waals surface area contributed by atoms with Gasteiger partial charge in [0.1, 0.15) is 5.75 Å². The molecule has 23 heavy (non-hydrogen) atoms. The van der Waals surface area contributed by atoms with E-state index in [0.717, 1.165) is 13.1 Å². The molecule has 1 saturated carbocycles. The van der Waals surface area contributed by atoms with Crippen molar-refractivity contribution < 1.29 is 18.3 Å². The first kappa shape index (κ1) is 16.2. The van der Waals surface area contributed by atoms with Crippen LogP contribution < -0.4 is 4.74 Å². The summed E-state index contributed by atoms with van der Waals surface area (Å²) in [5.41, 5.74) is 0.400. The van der Waals surface area contributed by atoms with Crippen LogP contribution >= 0.6 is 0 Å². The number of carbonyl (C=O) groups excluding carboxylic acids is 1. The Morgan fingerprint density at radius 2 is 1.83 bits per heavy atom. The summed E-state index contributed by atoms with van der Waals surface area (Å²) in [6.45, 7) is 0.285. The first-order valence-corrected chi connectivity index (χ1v) is 8.21. The summed E-state index contributed by atoms with van der Waals surface area (Å²) in [5.74, 6) is -0.0915. The van der Waals surface area contributed by atoms with Gasteiger partial charge in [-0.15, -0.1) is 0 Å². The molecule has 1 aromatic rings. The summed E-state index contributed by atoms with van der Waals surface area (Å²) < 4.78 is 28.9. The maximum absolute atomic E-state index is 12.5. The second-order valence-electron chi connectivity index (χ2n) is 6.17. The summed E-state index contributed by atoms with van der Waals surface area (Å²) in [7, 11) is 0. The summed E-state index contributed by atoms with van der Waals surface area (Å²) in [6.07, 6.45) is 5.14. The zero-order valence-electron chi connectivity index (χ0n) is 13.1. The van der Waals surface area contributed by atoms with Crippen molar-refractivity contribution >= 4 is 5.91 Å². The van der Waals surface area contributed by atoms with Crippen molar-refractivity contribution in [2.24, 2.45) is 0 Å². The van der Waals surface area contributed by atoms with Crippen molar-refractivity contribution in [2.45, 2.75) is 38.3 Å². The Bertz CT molecular complexity index is 539. The monoisotopic (exact) mass is 324 g/mol. The molecular weight excluding hydrogens is 302 g/mol. The van der Waals surface area contributed by atoms with Crippen molar-refractivity contribution in [1.29, 1.82) is 0 Å². The van der Waals surface area contributed by atoms with Crippen LogP contribution in [-0.4, -0.2) is 54.5 Å². The molecule has 0 unspecified atom stereocenters. The van der Waals surface area contributed by atoms with Crippen molar-refractivity contribution in [2.75, 3.05) is 26.2 Å². The quantitative estimate of drug-likeness (QED) is 0.853. The van der Waals surface area contributed by atoms with Crippen LogP contribution in [0.5, 0.6) is 5.75 Å². The molecule has 4 nitrogen and oxygen atoms in total. The van der Waals surface area contributed by atoms with Gasteiger partial charge in [-0.3, -0.25) is 9.69 Å². The minimum atomic E-state index is -2.88. The maximum Gasteiger partial charge on any atom is 0.387 e. The van der Waals surface area contributed by atoms with Crippen LogP contribution in [0.3, 0.4) is 0 Å². The predicted octanol–water partition coefficient (Wildman–Crippen LogP) is 2.99. The third kappa shape index (κ3) is 3.99. The van der Waals surface area contributed by atoms with Gasteiger partial charge in [-0.2, -0.15) is 8.78 Å². The lowest BCUT2D eigenvalue weighted by Crippen LogP contribution is -2.51. The van der Waals surface area contributed by atoms with E-state index in [2.05, 4.69) is 9.64 Å². The number of hydrogen-bond acceptors (Lipinski definition) is 3. The molecular formula is C17H22F2N2O2. The van der Waals surface area contributed by atoms with Gasteiger partial charge in [-0.25, -0.2) is 0 Å². The number of amides is 1. The molecule has 0 atom stereocenters. The highest BCUT2D eigenvalue weighted by Crippen LogP contribution is 2.25. The van der Waals surface area contributed by atoms with E-state index in [1.165, 1.54) is 37.8 Å². The average molecular weight is 324 g/mol. The molecule has 126 valence electrons. The molecule has 0 aromatic heterocycles. The molecule has 1 heterocycles. The minimum absolute atomic E-state index is 0.0236. The number of rotatable bonds is 4. The van der Waals surface area contributed by atoms with E-state index in [1.807, 2.05) is 0 Å². The van der Waals surface area contributed by atoms with Crippen LogP contribution in [0.2, 0.25) is 0 Å². The van der Waals surface area contributed by atoms with Crippen molar-refractivity contribution in [3.63, 3.8) is 0 Å². The lowest BCUT2D eigenvalue weighted by Gasteiger charge is -2.38. The number of ether oxygens (including phenoxy) is 1. The SMILES string of the molecule is O=C(c1cccc(OC(F)F)c1)N1CCN(C2CCCC2)CC1. The van der Waals surface area contributed by atoms with Gasteiger partial charge in [0.15, 0.2) is 0 Å². The normalized spacial score (nSPS) is 20.2. The topological polar surface area (TPSA) is 32.8 Å². The zero-order chi connectivity index (χ0) is 16.2. The number of piperazine rings is 1.